The highest BCUT2D eigenvalue weighted by molar-refractivity contribution is 5.89. The van der Waals surface area contributed by atoms with Gasteiger partial charge in [0.1, 0.15) is 5.82 Å². The van der Waals surface area contributed by atoms with Crippen LogP contribution in [-0.2, 0) is 0 Å². The van der Waals surface area contributed by atoms with Crippen molar-refractivity contribution in [1.29, 1.82) is 0 Å². The third-order valence-corrected chi connectivity index (χ3v) is 3.63. The SMILES string of the molecule is O=C(Nc1cc(F)c(F)cc1F)N1C[C@@H](CO)[C@H](C(F)(F)F)C1. The fraction of sp³-hybridized carbons (Fsp3) is 0.462. The van der Waals surface area contributed by atoms with Crippen molar-refractivity contribution in [3.63, 3.8) is 0 Å². The Hall–Kier alpha value is -1.97. The summed E-state index contributed by atoms with van der Waals surface area (Å²) >= 11 is 0. The fourth-order valence-electron chi connectivity index (χ4n) is 2.41. The standard InChI is InChI=1S/C13H12F6N2O2/c14-8-1-10(16)11(2-9(8)15)20-12(23)21-3-6(5-22)7(4-21)13(17,18)19/h1-2,6-7,22H,3-5H2,(H,20,23)/t6-,7+/m0/s1. The van der Waals surface area contributed by atoms with Gasteiger partial charge in [-0.1, -0.05) is 0 Å². The van der Waals surface area contributed by atoms with E-state index in [1.165, 1.54) is 0 Å². The van der Waals surface area contributed by atoms with E-state index in [-0.39, 0.29) is 6.07 Å². The summed E-state index contributed by atoms with van der Waals surface area (Å²) in [4.78, 5) is 12.6. The van der Waals surface area contributed by atoms with E-state index < -0.39 is 66.9 Å². The number of urea groups is 1. The van der Waals surface area contributed by atoms with Crippen LogP contribution in [0.3, 0.4) is 0 Å². The number of aliphatic hydroxyl groups is 1. The minimum Gasteiger partial charge on any atom is -0.396 e. The third-order valence-electron chi connectivity index (χ3n) is 3.63. The summed E-state index contributed by atoms with van der Waals surface area (Å²) in [7, 11) is 0. The van der Waals surface area contributed by atoms with Crippen LogP contribution in [0.5, 0.6) is 0 Å². The van der Waals surface area contributed by atoms with E-state index in [2.05, 4.69) is 0 Å². The van der Waals surface area contributed by atoms with Crippen molar-refractivity contribution < 1.29 is 36.2 Å². The number of likely N-dealkylation sites (tertiary alicyclic amines) is 1. The molecule has 1 aliphatic rings. The summed E-state index contributed by atoms with van der Waals surface area (Å²) in [6, 6.07) is -0.493. The Morgan fingerprint density at radius 1 is 1.17 bits per heavy atom. The zero-order valence-electron chi connectivity index (χ0n) is 11.5. The quantitative estimate of drug-likeness (QED) is 0.641. The number of carbonyl (C=O) groups is 1. The Morgan fingerprint density at radius 2 is 1.78 bits per heavy atom. The number of nitrogens with one attached hydrogen (secondary N) is 1. The van der Waals surface area contributed by atoms with Crippen LogP contribution in [0.4, 0.5) is 36.8 Å². The van der Waals surface area contributed by atoms with E-state index in [4.69, 9.17) is 5.11 Å². The van der Waals surface area contributed by atoms with Crippen LogP contribution in [-0.4, -0.2) is 41.9 Å². The third kappa shape index (κ3) is 3.69. The first-order valence-electron chi connectivity index (χ1n) is 6.51. The minimum absolute atomic E-state index is 0.212. The van der Waals surface area contributed by atoms with E-state index in [1.54, 1.807) is 0 Å². The first-order valence-corrected chi connectivity index (χ1v) is 6.51. The molecule has 10 heteroatoms. The molecule has 2 amide bonds. The second kappa shape index (κ2) is 6.26. The average molecular weight is 342 g/mol. The van der Waals surface area contributed by atoms with Gasteiger partial charge in [0, 0.05) is 37.7 Å². The van der Waals surface area contributed by atoms with Gasteiger partial charge in [-0.3, -0.25) is 0 Å². The lowest BCUT2D eigenvalue weighted by molar-refractivity contribution is -0.182. The second-order valence-corrected chi connectivity index (χ2v) is 5.17. The minimum atomic E-state index is -4.60. The Bertz CT molecular complexity index is 607. The Balaban J connectivity index is 2.12. The Kier molecular flexibility index (Phi) is 4.73. The van der Waals surface area contributed by atoms with Crippen LogP contribution < -0.4 is 5.32 Å². The van der Waals surface area contributed by atoms with Crippen molar-refractivity contribution >= 4 is 11.7 Å². The van der Waals surface area contributed by atoms with E-state index in [1.807, 2.05) is 5.32 Å². The van der Waals surface area contributed by atoms with Crippen LogP contribution in [0.2, 0.25) is 0 Å². The molecule has 1 heterocycles. The van der Waals surface area contributed by atoms with Gasteiger partial charge in [-0.25, -0.2) is 18.0 Å². The van der Waals surface area contributed by atoms with Gasteiger partial charge in [0.2, 0.25) is 0 Å². The molecule has 128 valence electrons. The molecule has 1 aromatic carbocycles. The number of halogens is 6. The summed E-state index contributed by atoms with van der Waals surface area (Å²) in [6.07, 6.45) is -4.60. The molecule has 0 radical (unpaired) electrons. The van der Waals surface area contributed by atoms with Crippen molar-refractivity contribution in [2.45, 2.75) is 6.18 Å². The molecular formula is C13H12F6N2O2. The number of aliphatic hydroxyl groups excluding tert-OH is 1. The van der Waals surface area contributed by atoms with E-state index in [0.29, 0.717) is 6.07 Å². The monoisotopic (exact) mass is 342 g/mol. The van der Waals surface area contributed by atoms with Gasteiger partial charge in [0.25, 0.3) is 0 Å². The molecule has 0 saturated carbocycles. The molecular weight excluding hydrogens is 330 g/mol. The molecule has 2 atom stereocenters. The van der Waals surface area contributed by atoms with E-state index in [0.717, 1.165) is 4.90 Å². The molecule has 1 fully saturated rings. The molecule has 1 aliphatic heterocycles. The van der Waals surface area contributed by atoms with Gasteiger partial charge in [0.05, 0.1) is 11.6 Å². The van der Waals surface area contributed by atoms with E-state index in [9.17, 15) is 31.1 Å². The number of alkyl halides is 3. The van der Waals surface area contributed by atoms with Gasteiger partial charge in [-0.15, -0.1) is 0 Å². The van der Waals surface area contributed by atoms with Crippen molar-refractivity contribution in [1.82, 2.24) is 4.90 Å². The topological polar surface area (TPSA) is 52.6 Å². The van der Waals surface area contributed by atoms with E-state index >= 15 is 0 Å². The molecule has 0 spiro atoms. The molecule has 0 aliphatic carbocycles. The van der Waals surface area contributed by atoms with Gasteiger partial charge < -0.3 is 15.3 Å². The van der Waals surface area contributed by atoms with Crippen molar-refractivity contribution in [2.24, 2.45) is 11.8 Å². The molecule has 0 aromatic heterocycles. The lowest BCUT2D eigenvalue weighted by Gasteiger charge is -2.19. The van der Waals surface area contributed by atoms with Gasteiger partial charge in [-0.05, 0) is 0 Å². The lowest BCUT2D eigenvalue weighted by Crippen LogP contribution is -2.35. The average Bonchev–Trinajstić information content (AvgIpc) is 2.89. The number of carbonyl (C=O) groups excluding carboxylic acids is 1. The number of anilines is 1. The first kappa shape index (κ1) is 17.4. The van der Waals surface area contributed by atoms with Crippen molar-refractivity contribution in [3.05, 3.63) is 29.6 Å². The number of amides is 2. The fourth-order valence-corrected chi connectivity index (χ4v) is 2.41. The van der Waals surface area contributed by atoms with Crippen LogP contribution in [0.1, 0.15) is 0 Å². The first-order chi connectivity index (χ1) is 10.6. The van der Waals surface area contributed by atoms with Gasteiger partial charge >= 0.3 is 12.2 Å². The Labute approximate surface area is 126 Å². The zero-order chi connectivity index (χ0) is 17.4. The number of nitrogens with zero attached hydrogens (tertiary/aromatic N) is 1. The molecule has 0 bridgehead atoms. The number of rotatable bonds is 2. The normalized spacial score (nSPS) is 21.6. The summed E-state index contributed by atoms with van der Waals surface area (Å²) in [5, 5.41) is 10.9. The van der Waals surface area contributed by atoms with Crippen LogP contribution >= 0.6 is 0 Å². The van der Waals surface area contributed by atoms with Crippen LogP contribution in [0.25, 0.3) is 0 Å². The summed E-state index contributed by atoms with van der Waals surface area (Å²) in [5.41, 5.74) is -0.690. The van der Waals surface area contributed by atoms with Crippen molar-refractivity contribution in [3.8, 4) is 0 Å². The largest absolute Gasteiger partial charge is 0.396 e. The molecule has 2 rings (SSSR count). The highest BCUT2D eigenvalue weighted by Crippen LogP contribution is 2.37. The lowest BCUT2D eigenvalue weighted by atomic mass is 9.97. The van der Waals surface area contributed by atoms with Crippen molar-refractivity contribution in [2.75, 3.05) is 25.0 Å². The summed E-state index contributed by atoms with van der Waals surface area (Å²) < 4.78 is 77.7. The number of hydrogen-bond donors (Lipinski definition) is 2. The van der Waals surface area contributed by atoms with Crippen LogP contribution in [0, 0.1) is 29.3 Å². The molecule has 1 saturated heterocycles. The maximum Gasteiger partial charge on any atom is 0.393 e. The highest BCUT2D eigenvalue weighted by atomic mass is 19.4. The number of benzene rings is 1. The number of hydrogen-bond acceptors (Lipinski definition) is 2. The molecule has 1 aromatic rings. The molecule has 0 unspecified atom stereocenters. The summed E-state index contributed by atoms with van der Waals surface area (Å²) in [6.45, 7) is -1.88. The Morgan fingerprint density at radius 3 is 2.30 bits per heavy atom. The van der Waals surface area contributed by atoms with Gasteiger partial charge in [0.15, 0.2) is 11.6 Å². The second-order valence-electron chi connectivity index (χ2n) is 5.17. The van der Waals surface area contributed by atoms with Gasteiger partial charge in [-0.2, -0.15) is 13.2 Å². The maximum atomic E-state index is 13.4. The molecule has 4 nitrogen and oxygen atoms in total. The predicted molar refractivity (Wildman–Crippen MR) is 67.0 cm³/mol. The van der Waals surface area contributed by atoms with Crippen LogP contribution in [0.15, 0.2) is 12.1 Å². The molecule has 2 N–H and O–H groups in total. The molecule has 23 heavy (non-hydrogen) atoms. The summed E-state index contributed by atoms with van der Waals surface area (Å²) in [5.74, 6) is -7.24. The zero-order valence-corrected chi connectivity index (χ0v) is 11.5. The predicted octanol–water partition coefficient (Wildman–Crippen LogP) is 2.74. The highest BCUT2D eigenvalue weighted by Gasteiger charge is 2.50. The smallest absolute Gasteiger partial charge is 0.393 e. The maximum absolute atomic E-state index is 13.4.